The Balaban J connectivity index is 0.000000142. The van der Waals surface area contributed by atoms with Gasteiger partial charge in [-0.2, -0.15) is 0 Å². The van der Waals surface area contributed by atoms with E-state index in [4.69, 9.17) is 0 Å². The normalized spacial score (nSPS) is 26.6. The zero-order valence-electron chi connectivity index (χ0n) is 18.0. The third-order valence-electron chi connectivity index (χ3n) is 8.45. The van der Waals surface area contributed by atoms with Gasteiger partial charge in [0.2, 0.25) is 0 Å². The van der Waals surface area contributed by atoms with E-state index in [2.05, 4.69) is 71.7 Å². The van der Waals surface area contributed by atoms with E-state index in [-0.39, 0.29) is 0 Å². The molecule has 0 unspecified atom stereocenters. The summed E-state index contributed by atoms with van der Waals surface area (Å²) in [6, 6.07) is 24.1. The summed E-state index contributed by atoms with van der Waals surface area (Å²) in [6.45, 7) is 0. The number of rotatable bonds is 0. The van der Waals surface area contributed by atoms with Gasteiger partial charge in [0.25, 0.3) is 0 Å². The fraction of sp³-hybridized carbons (Fsp3) is 0.333. The molecule has 1 heterocycles. The topological polar surface area (TPSA) is 15.8 Å². The Kier molecular flexibility index (Phi) is 3.94. The van der Waals surface area contributed by atoms with Crippen LogP contribution >= 0.6 is 0 Å². The molecule has 0 radical (unpaired) electrons. The highest BCUT2D eigenvalue weighted by Crippen LogP contribution is 2.53. The fourth-order valence-electron chi connectivity index (χ4n) is 7.42. The minimum atomic E-state index is 1.18. The lowest BCUT2D eigenvalue weighted by Gasteiger charge is -2.49. The third-order valence-corrected chi connectivity index (χ3v) is 8.45. The molecular formula is C30H29N. The van der Waals surface area contributed by atoms with E-state index in [9.17, 15) is 0 Å². The van der Waals surface area contributed by atoms with E-state index in [0.29, 0.717) is 0 Å². The van der Waals surface area contributed by atoms with E-state index in [0.717, 1.165) is 0 Å². The Bertz CT molecular complexity index is 1370. The summed E-state index contributed by atoms with van der Waals surface area (Å²) in [4.78, 5) is 3.36. The molecule has 0 aliphatic heterocycles. The molecule has 1 nitrogen and oxygen atoms in total. The van der Waals surface area contributed by atoms with Crippen molar-refractivity contribution < 1.29 is 0 Å². The number of nitrogens with one attached hydrogen (secondary N) is 1. The van der Waals surface area contributed by atoms with Crippen molar-refractivity contribution in [3.63, 3.8) is 0 Å². The van der Waals surface area contributed by atoms with Crippen molar-refractivity contribution in [2.75, 3.05) is 0 Å². The molecule has 1 aromatic heterocycles. The molecule has 4 saturated carbocycles. The molecule has 0 atom stereocenters. The van der Waals surface area contributed by atoms with Crippen molar-refractivity contribution in [3.8, 4) is 0 Å². The molecule has 1 heteroatoms. The van der Waals surface area contributed by atoms with Gasteiger partial charge in [-0.1, -0.05) is 60.7 Å². The number of aromatic amines is 1. The number of hydrogen-bond acceptors (Lipinski definition) is 0. The molecule has 31 heavy (non-hydrogen) atoms. The Labute approximate surface area is 183 Å². The summed E-state index contributed by atoms with van der Waals surface area (Å²) in [7, 11) is 0. The van der Waals surface area contributed by atoms with Crippen LogP contribution in [0.1, 0.15) is 38.5 Å². The summed E-state index contributed by atoms with van der Waals surface area (Å²) in [5, 5.41) is 9.14. The van der Waals surface area contributed by atoms with Gasteiger partial charge in [0, 0.05) is 17.0 Å². The van der Waals surface area contributed by atoms with Crippen molar-refractivity contribution in [2.45, 2.75) is 38.5 Å². The fourth-order valence-corrected chi connectivity index (χ4v) is 7.42. The first kappa shape index (κ1) is 17.8. The van der Waals surface area contributed by atoms with E-state index >= 15 is 0 Å². The van der Waals surface area contributed by atoms with Crippen molar-refractivity contribution in [3.05, 3.63) is 72.9 Å². The van der Waals surface area contributed by atoms with E-state index in [1.165, 1.54) is 66.9 Å². The largest absolute Gasteiger partial charge is 0.361 e. The first-order chi connectivity index (χ1) is 15.3. The van der Waals surface area contributed by atoms with Crippen LogP contribution in [0.2, 0.25) is 0 Å². The highest BCUT2D eigenvalue weighted by Gasteiger charge is 2.41. The molecule has 154 valence electrons. The summed E-state index contributed by atoms with van der Waals surface area (Å²) in [5.74, 6) is 4.71. The molecule has 4 aromatic carbocycles. The highest BCUT2D eigenvalue weighted by molar-refractivity contribution is 6.21. The maximum absolute atomic E-state index is 3.36. The van der Waals surface area contributed by atoms with E-state index < -0.39 is 0 Å². The zero-order chi connectivity index (χ0) is 20.4. The van der Waals surface area contributed by atoms with Crippen molar-refractivity contribution in [2.24, 2.45) is 23.7 Å². The lowest BCUT2D eigenvalue weighted by molar-refractivity contribution is 0.0198. The molecule has 1 N–H and O–H groups in total. The lowest BCUT2D eigenvalue weighted by atomic mass is 9.56. The molecule has 0 spiro atoms. The average Bonchev–Trinajstić information content (AvgIpc) is 3.27. The summed E-state index contributed by atoms with van der Waals surface area (Å²) in [6.07, 6.45) is 11.6. The summed E-state index contributed by atoms with van der Waals surface area (Å²) < 4.78 is 0. The molecular weight excluding hydrogens is 374 g/mol. The predicted octanol–water partition coefficient (Wildman–Crippen LogP) is 8.46. The molecule has 5 aromatic rings. The molecule has 9 rings (SSSR count). The molecule has 4 fully saturated rings. The van der Waals surface area contributed by atoms with Gasteiger partial charge in [-0.15, -0.1) is 0 Å². The second-order valence-corrected chi connectivity index (χ2v) is 10.4. The summed E-state index contributed by atoms with van der Waals surface area (Å²) >= 11 is 0. The molecule has 0 saturated heterocycles. The van der Waals surface area contributed by atoms with Gasteiger partial charge in [0.15, 0.2) is 0 Å². The van der Waals surface area contributed by atoms with E-state index in [1.54, 1.807) is 38.5 Å². The molecule has 4 bridgehead atoms. The number of H-pyrrole nitrogens is 1. The Morgan fingerprint density at radius 2 is 0.968 bits per heavy atom. The van der Waals surface area contributed by atoms with Crippen LogP contribution in [0.15, 0.2) is 72.9 Å². The highest BCUT2D eigenvalue weighted by atomic mass is 14.7. The van der Waals surface area contributed by atoms with E-state index in [1.807, 2.05) is 6.20 Å². The maximum Gasteiger partial charge on any atom is 0.0533 e. The summed E-state index contributed by atoms with van der Waals surface area (Å²) in [5.41, 5.74) is 1.22. The van der Waals surface area contributed by atoms with Gasteiger partial charge in [-0.25, -0.2) is 0 Å². The standard InChI is InChI=1S/C20H13N.C10H16/c1-2-4-15-13(3-1)5-7-17-16(15)9-10-19-18(17)8-6-14-11-12-21-20(14)19;1-7-2-9-4-8(1)5-10(3-7)6-9/h1-12,21H;7-10H,1-6H2. The monoisotopic (exact) mass is 403 g/mol. The molecule has 0 amide bonds. The van der Waals surface area contributed by atoms with Gasteiger partial charge in [0.05, 0.1) is 5.52 Å². The van der Waals surface area contributed by atoms with Gasteiger partial charge in [-0.3, -0.25) is 0 Å². The van der Waals surface area contributed by atoms with Crippen molar-refractivity contribution >= 4 is 43.2 Å². The Hall–Kier alpha value is -2.80. The second-order valence-electron chi connectivity index (χ2n) is 10.4. The Morgan fingerprint density at radius 3 is 1.68 bits per heavy atom. The number of aromatic nitrogens is 1. The van der Waals surface area contributed by atoms with Crippen LogP contribution in [0.4, 0.5) is 0 Å². The van der Waals surface area contributed by atoms with Crippen LogP contribution in [0.25, 0.3) is 43.2 Å². The maximum atomic E-state index is 3.36. The lowest BCUT2D eigenvalue weighted by Crippen LogP contribution is -2.38. The SMILES string of the molecule is C1C2CC3CC1CC(C2)C3.c1ccc2c(c1)ccc1c2ccc2c1ccc1cc[nH]c12. The Morgan fingerprint density at radius 1 is 0.452 bits per heavy atom. The first-order valence-electron chi connectivity index (χ1n) is 12.1. The third kappa shape index (κ3) is 2.90. The number of hydrogen-bond donors (Lipinski definition) is 1. The van der Waals surface area contributed by atoms with Crippen LogP contribution in [0, 0.1) is 23.7 Å². The molecule has 4 aliphatic rings. The minimum Gasteiger partial charge on any atom is -0.361 e. The van der Waals surface area contributed by atoms with Crippen LogP contribution in [-0.2, 0) is 0 Å². The quantitative estimate of drug-likeness (QED) is 0.250. The first-order valence-corrected chi connectivity index (χ1v) is 12.1. The van der Waals surface area contributed by atoms with Crippen LogP contribution in [-0.4, -0.2) is 4.98 Å². The van der Waals surface area contributed by atoms with Gasteiger partial charge < -0.3 is 4.98 Å². The van der Waals surface area contributed by atoms with Crippen molar-refractivity contribution in [1.29, 1.82) is 0 Å². The van der Waals surface area contributed by atoms with Crippen LogP contribution < -0.4 is 0 Å². The average molecular weight is 404 g/mol. The smallest absolute Gasteiger partial charge is 0.0533 e. The molecule has 4 aliphatic carbocycles. The zero-order valence-corrected chi connectivity index (χ0v) is 18.0. The second kappa shape index (κ2) is 6.85. The van der Waals surface area contributed by atoms with Gasteiger partial charge in [-0.05, 0) is 95.2 Å². The van der Waals surface area contributed by atoms with Crippen LogP contribution in [0.5, 0.6) is 0 Å². The minimum absolute atomic E-state index is 1.18. The van der Waals surface area contributed by atoms with Gasteiger partial charge >= 0.3 is 0 Å². The predicted molar refractivity (Wildman–Crippen MR) is 132 cm³/mol. The number of benzene rings is 4. The van der Waals surface area contributed by atoms with Gasteiger partial charge in [0.1, 0.15) is 0 Å². The van der Waals surface area contributed by atoms with Crippen LogP contribution in [0.3, 0.4) is 0 Å². The number of fused-ring (bicyclic) bond motifs is 7. The van der Waals surface area contributed by atoms with Crippen molar-refractivity contribution in [1.82, 2.24) is 4.98 Å².